The van der Waals surface area contributed by atoms with Gasteiger partial charge in [0.1, 0.15) is 6.10 Å². The normalized spacial score (nSPS) is 27.1. The van der Waals surface area contributed by atoms with E-state index in [0.717, 1.165) is 19.3 Å². The molecule has 2 fully saturated rings. The molecule has 2 rings (SSSR count). The Morgan fingerprint density at radius 2 is 2.25 bits per heavy atom. The van der Waals surface area contributed by atoms with Gasteiger partial charge in [0.05, 0.1) is 0 Å². The van der Waals surface area contributed by atoms with Crippen LogP contribution in [0, 0.1) is 0 Å². The van der Waals surface area contributed by atoms with E-state index in [1.165, 1.54) is 0 Å². The minimum Gasteiger partial charge on any atom is -0.368 e. The Hall–Kier alpha value is -1.10. The van der Waals surface area contributed by atoms with Gasteiger partial charge in [0, 0.05) is 32.7 Å². The smallest absolute Gasteiger partial charge is 0.251 e. The lowest BCUT2D eigenvalue weighted by atomic mass is 10.1. The highest BCUT2D eigenvalue weighted by Crippen LogP contribution is 2.15. The Kier molecular flexibility index (Phi) is 3.77. The molecule has 1 N–H and O–H groups in total. The third-order valence-electron chi connectivity index (χ3n) is 3.08. The van der Waals surface area contributed by atoms with Gasteiger partial charge in [-0.2, -0.15) is 0 Å². The zero-order valence-electron chi connectivity index (χ0n) is 9.41. The van der Waals surface area contributed by atoms with Crippen molar-refractivity contribution < 1.29 is 14.3 Å². The second-order valence-corrected chi connectivity index (χ2v) is 4.28. The minimum absolute atomic E-state index is 0.0277. The van der Waals surface area contributed by atoms with E-state index in [2.05, 4.69) is 5.32 Å². The summed E-state index contributed by atoms with van der Waals surface area (Å²) in [5, 5.41) is 2.76. The lowest BCUT2D eigenvalue weighted by molar-refractivity contribution is -0.146. The van der Waals surface area contributed by atoms with E-state index in [-0.39, 0.29) is 17.9 Å². The van der Waals surface area contributed by atoms with Gasteiger partial charge in [-0.15, -0.1) is 0 Å². The van der Waals surface area contributed by atoms with Crippen molar-refractivity contribution in [2.45, 2.75) is 31.8 Å². The summed E-state index contributed by atoms with van der Waals surface area (Å²) in [5.74, 6) is 0.0797. The Morgan fingerprint density at radius 1 is 1.38 bits per heavy atom. The Labute approximate surface area is 95.1 Å². The van der Waals surface area contributed by atoms with Crippen molar-refractivity contribution >= 4 is 11.8 Å². The van der Waals surface area contributed by atoms with Crippen molar-refractivity contribution in [3.8, 4) is 0 Å². The first-order valence-corrected chi connectivity index (χ1v) is 5.94. The first kappa shape index (κ1) is 11.4. The predicted octanol–water partition coefficient (Wildman–Crippen LogP) is -0.0960. The molecule has 0 aliphatic carbocycles. The van der Waals surface area contributed by atoms with Crippen molar-refractivity contribution in [1.29, 1.82) is 0 Å². The number of carbonyl (C=O) groups is 2. The van der Waals surface area contributed by atoms with E-state index < -0.39 is 0 Å². The van der Waals surface area contributed by atoms with Gasteiger partial charge in [-0.25, -0.2) is 0 Å². The summed E-state index contributed by atoms with van der Waals surface area (Å²) in [5.41, 5.74) is 0. The molecule has 2 aliphatic rings. The fraction of sp³-hybridized carbons (Fsp3) is 0.818. The zero-order chi connectivity index (χ0) is 11.4. The van der Waals surface area contributed by atoms with Crippen LogP contribution in [0.25, 0.3) is 0 Å². The predicted molar refractivity (Wildman–Crippen MR) is 57.8 cm³/mol. The monoisotopic (exact) mass is 226 g/mol. The van der Waals surface area contributed by atoms with Gasteiger partial charge in [0.2, 0.25) is 5.91 Å². The van der Waals surface area contributed by atoms with Crippen LogP contribution in [-0.2, 0) is 14.3 Å². The van der Waals surface area contributed by atoms with E-state index in [1.54, 1.807) is 4.90 Å². The average Bonchev–Trinajstić information content (AvgIpc) is 2.54. The number of hydrogen-bond donors (Lipinski definition) is 1. The topological polar surface area (TPSA) is 58.6 Å². The number of ether oxygens (including phenoxy) is 1. The number of amides is 2. The van der Waals surface area contributed by atoms with Gasteiger partial charge >= 0.3 is 0 Å². The van der Waals surface area contributed by atoms with Gasteiger partial charge < -0.3 is 15.0 Å². The molecular formula is C11H18N2O3. The number of rotatable bonds is 1. The van der Waals surface area contributed by atoms with Crippen LogP contribution in [0.2, 0.25) is 0 Å². The summed E-state index contributed by atoms with van der Waals surface area (Å²) in [7, 11) is 0. The molecule has 2 saturated heterocycles. The SMILES string of the molecule is O=C1CCN(C(=O)C2CCCCO2)CCN1. The summed E-state index contributed by atoms with van der Waals surface area (Å²) in [4.78, 5) is 25.0. The fourth-order valence-corrected chi connectivity index (χ4v) is 2.13. The first-order valence-electron chi connectivity index (χ1n) is 5.94. The fourth-order valence-electron chi connectivity index (χ4n) is 2.13. The van der Waals surface area contributed by atoms with Gasteiger partial charge in [-0.05, 0) is 19.3 Å². The molecule has 1 unspecified atom stereocenters. The maximum atomic E-state index is 12.1. The highest BCUT2D eigenvalue weighted by molar-refractivity contribution is 5.83. The molecule has 0 radical (unpaired) electrons. The van der Waals surface area contributed by atoms with Gasteiger partial charge in [0.25, 0.3) is 5.91 Å². The summed E-state index contributed by atoms with van der Waals surface area (Å²) < 4.78 is 5.46. The molecule has 0 aromatic carbocycles. The Morgan fingerprint density at radius 3 is 3.00 bits per heavy atom. The van der Waals surface area contributed by atoms with E-state index in [0.29, 0.717) is 32.7 Å². The molecule has 0 spiro atoms. The molecule has 90 valence electrons. The molecule has 0 saturated carbocycles. The van der Waals surface area contributed by atoms with Crippen molar-refractivity contribution in [1.82, 2.24) is 10.2 Å². The van der Waals surface area contributed by atoms with Gasteiger partial charge in [-0.3, -0.25) is 9.59 Å². The maximum absolute atomic E-state index is 12.1. The van der Waals surface area contributed by atoms with E-state index in [4.69, 9.17) is 4.74 Å². The average molecular weight is 226 g/mol. The van der Waals surface area contributed by atoms with E-state index in [9.17, 15) is 9.59 Å². The van der Waals surface area contributed by atoms with Crippen molar-refractivity contribution in [2.24, 2.45) is 0 Å². The third-order valence-corrected chi connectivity index (χ3v) is 3.08. The summed E-state index contributed by atoms with van der Waals surface area (Å²) >= 11 is 0. The summed E-state index contributed by atoms with van der Waals surface area (Å²) in [6.07, 6.45) is 3.04. The lowest BCUT2D eigenvalue weighted by Gasteiger charge is -2.28. The van der Waals surface area contributed by atoms with Crippen molar-refractivity contribution in [3.63, 3.8) is 0 Å². The number of carbonyl (C=O) groups excluding carboxylic acids is 2. The van der Waals surface area contributed by atoms with Gasteiger partial charge in [0.15, 0.2) is 0 Å². The summed E-state index contributed by atoms with van der Waals surface area (Å²) in [6.45, 7) is 2.35. The molecule has 2 aliphatic heterocycles. The van der Waals surface area contributed by atoms with Gasteiger partial charge in [-0.1, -0.05) is 0 Å². The van der Waals surface area contributed by atoms with Crippen LogP contribution < -0.4 is 5.32 Å². The molecule has 1 atom stereocenters. The highest BCUT2D eigenvalue weighted by Gasteiger charge is 2.27. The third kappa shape index (κ3) is 2.72. The minimum atomic E-state index is -0.276. The molecule has 0 aromatic heterocycles. The highest BCUT2D eigenvalue weighted by atomic mass is 16.5. The van der Waals surface area contributed by atoms with E-state index in [1.807, 2.05) is 0 Å². The maximum Gasteiger partial charge on any atom is 0.251 e. The number of nitrogens with zero attached hydrogens (tertiary/aromatic N) is 1. The zero-order valence-corrected chi connectivity index (χ0v) is 9.41. The van der Waals surface area contributed by atoms with Crippen LogP contribution in [0.5, 0.6) is 0 Å². The second-order valence-electron chi connectivity index (χ2n) is 4.28. The van der Waals surface area contributed by atoms with Crippen LogP contribution in [-0.4, -0.2) is 49.1 Å². The van der Waals surface area contributed by atoms with Crippen LogP contribution in [0.4, 0.5) is 0 Å². The van der Waals surface area contributed by atoms with Crippen LogP contribution in [0.1, 0.15) is 25.7 Å². The van der Waals surface area contributed by atoms with E-state index >= 15 is 0 Å². The van der Waals surface area contributed by atoms with Crippen LogP contribution in [0.15, 0.2) is 0 Å². The van der Waals surface area contributed by atoms with Crippen LogP contribution in [0.3, 0.4) is 0 Å². The standard InChI is InChI=1S/C11H18N2O3/c14-10-4-6-13(7-5-12-10)11(15)9-3-1-2-8-16-9/h9H,1-8H2,(H,12,14). The number of hydrogen-bond acceptors (Lipinski definition) is 3. The van der Waals surface area contributed by atoms with Crippen molar-refractivity contribution in [3.05, 3.63) is 0 Å². The number of nitrogens with one attached hydrogen (secondary N) is 1. The van der Waals surface area contributed by atoms with Crippen LogP contribution >= 0.6 is 0 Å². The summed E-state index contributed by atoms with van der Waals surface area (Å²) in [6, 6.07) is 0. The quantitative estimate of drug-likeness (QED) is 0.679. The lowest BCUT2D eigenvalue weighted by Crippen LogP contribution is -2.43. The second kappa shape index (κ2) is 5.30. The molecule has 0 bridgehead atoms. The molecule has 0 aromatic rings. The molecule has 2 amide bonds. The molecule has 5 heteroatoms. The first-order chi connectivity index (χ1) is 7.77. The Bertz CT molecular complexity index is 274. The molecule has 5 nitrogen and oxygen atoms in total. The molecule has 16 heavy (non-hydrogen) atoms. The molecule has 2 heterocycles. The largest absolute Gasteiger partial charge is 0.368 e. The molecular weight excluding hydrogens is 208 g/mol. The Balaban J connectivity index is 1.89. The van der Waals surface area contributed by atoms with Crippen molar-refractivity contribution in [2.75, 3.05) is 26.2 Å².